The van der Waals surface area contributed by atoms with Gasteiger partial charge in [-0.3, -0.25) is 4.79 Å². The predicted octanol–water partition coefficient (Wildman–Crippen LogP) is 3.84. The van der Waals surface area contributed by atoms with Gasteiger partial charge in [-0.25, -0.2) is 13.1 Å². The molecule has 0 saturated heterocycles. The molecule has 1 aliphatic rings. The van der Waals surface area contributed by atoms with Gasteiger partial charge in [0, 0.05) is 15.4 Å². The summed E-state index contributed by atoms with van der Waals surface area (Å²) in [6.07, 6.45) is 1.04. The van der Waals surface area contributed by atoms with Gasteiger partial charge in [0.15, 0.2) is 0 Å². The molecule has 3 aromatic carbocycles. The molecule has 3 aromatic rings. The SMILES string of the molecule is O=C(NS(=O)(=O)c1cccc2ccccc12)C1CCc2c(Br)ccc(O)c21. The van der Waals surface area contributed by atoms with Crippen molar-refractivity contribution in [1.29, 1.82) is 0 Å². The Kier molecular flexibility index (Phi) is 4.44. The van der Waals surface area contributed by atoms with E-state index in [4.69, 9.17) is 0 Å². The molecule has 1 unspecified atom stereocenters. The molecule has 7 heteroatoms. The maximum Gasteiger partial charge on any atom is 0.264 e. The molecular formula is C20H16BrNO4S. The normalized spacial score (nSPS) is 16.3. The summed E-state index contributed by atoms with van der Waals surface area (Å²) in [5.41, 5.74) is 1.34. The largest absolute Gasteiger partial charge is 0.508 e. The molecular weight excluding hydrogens is 430 g/mol. The minimum absolute atomic E-state index is 0.00779. The summed E-state index contributed by atoms with van der Waals surface area (Å²) in [5.74, 6) is -1.33. The highest BCUT2D eigenvalue weighted by atomic mass is 79.9. The second-order valence-corrected chi connectivity index (χ2v) is 9.00. The molecule has 0 saturated carbocycles. The lowest BCUT2D eigenvalue weighted by Gasteiger charge is -2.15. The van der Waals surface area contributed by atoms with E-state index in [-0.39, 0.29) is 10.6 Å². The second-order valence-electron chi connectivity index (χ2n) is 6.50. The summed E-state index contributed by atoms with van der Waals surface area (Å²) in [6, 6.07) is 15.3. The quantitative estimate of drug-likeness (QED) is 0.641. The molecule has 0 fully saturated rings. The number of nitrogens with one attached hydrogen (secondary N) is 1. The Balaban J connectivity index is 1.69. The van der Waals surface area contributed by atoms with Gasteiger partial charge in [-0.05, 0) is 42.0 Å². The van der Waals surface area contributed by atoms with Crippen LogP contribution in [0.5, 0.6) is 5.75 Å². The standard InChI is InChI=1S/C20H16BrNO4S/c21-16-10-11-17(23)19-14(16)8-9-15(19)20(24)22-27(25,26)18-7-3-5-12-4-1-2-6-13(12)18/h1-7,10-11,15,23H,8-9H2,(H,22,24). The van der Waals surface area contributed by atoms with E-state index in [1.54, 1.807) is 24.3 Å². The van der Waals surface area contributed by atoms with Gasteiger partial charge in [0.1, 0.15) is 5.75 Å². The third kappa shape index (κ3) is 3.11. The Hall–Kier alpha value is -2.38. The average molecular weight is 446 g/mol. The van der Waals surface area contributed by atoms with Crippen molar-refractivity contribution in [2.75, 3.05) is 0 Å². The molecule has 27 heavy (non-hydrogen) atoms. The van der Waals surface area contributed by atoms with Crippen LogP contribution in [0.2, 0.25) is 0 Å². The number of carbonyl (C=O) groups excluding carboxylic acids is 1. The van der Waals surface area contributed by atoms with E-state index in [0.717, 1.165) is 15.4 Å². The van der Waals surface area contributed by atoms with Crippen molar-refractivity contribution in [3.8, 4) is 5.75 Å². The number of benzene rings is 3. The Bertz CT molecular complexity index is 1170. The minimum atomic E-state index is -4.04. The molecule has 1 amide bonds. The highest BCUT2D eigenvalue weighted by Gasteiger charge is 2.35. The summed E-state index contributed by atoms with van der Waals surface area (Å²) in [7, 11) is -4.04. The number of rotatable bonds is 3. The highest BCUT2D eigenvalue weighted by Crippen LogP contribution is 2.42. The minimum Gasteiger partial charge on any atom is -0.508 e. The lowest BCUT2D eigenvalue weighted by molar-refractivity contribution is -0.120. The molecule has 138 valence electrons. The summed E-state index contributed by atoms with van der Waals surface area (Å²) in [4.78, 5) is 12.8. The first-order valence-corrected chi connectivity index (χ1v) is 10.7. The van der Waals surface area contributed by atoms with E-state index in [9.17, 15) is 18.3 Å². The zero-order valence-electron chi connectivity index (χ0n) is 14.1. The van der Waals surface area contributed by atoms with Crippen molar-refractivity contribution in [1.82, 2.24) is 4.72 Å². The summed E-state index contributed by atoms with van der Waals surface area (Å²) in [5, 5.41) is 11.5. The molecule has 5 nitrogen and oxygen atoms in total. The van der Waals surface area contributed by atoms with Crippen LogP contribution in [0.3, 0.4) is 0 Å². The Morgan fingerprint density at radius 1 is 1.07 bits per heavy atom. The van der Waals surface area contributed by atoms with E-state index in [0.29, 0.717) is 23.8 Å². The second kappa shape index (κ2) is 6.65. The molecule has 0 bridgehead atoms. The number of fused-ring (bicyclic) bond motifs is 2. The smallest absolute Gasteiger partial charge is 0.264 e. The number of carbonyl (C=O) groups is 1. The van der Waals surface area contributed by atoms with Gasteiger partial charge in [0.05, 0.1) is 10.8 Å². The first-order chi connectivity index (χ1) is 12.9. The maximum absolute atomic E-state index is 12.9. The van der Waals surface area contributed by atoms with Gasteiger partial charge in [-0.15, -0.1) is 0 Å². The van der Waals surface area contributed by atoms with E-state index in [1.807, 2.05) is 18.2 Å². The van der Waals surface area contributed by atoms with Gasteiger partial charge < -0.3 is 5.11 Å². The number of phenols is 1. The third-order valence-electron chi connectivity index (χ3n) is 4.90. The van der Waals surface area contributed by atoms with Gasteiger partial charge in [-0.1, -0.05) is 52.3 Å². The summed E-state index contributed by atoms with van der Waals surface area (Å²) >= 11 is 3.42. The van der Waals surface area contributed by atoms with Crippen LogP contribution in [0.15, 0.2) is 64.0 Å². The van der Waals surface area contributed by atoms with Crippen LogP contribution >= 0.6 is 15.9 Å². The fourth-order valence-corrected chi connectivity index (χ4v) is 5.45. The van der Waals surface area contributed by atoms with Crippen LogP contribution in [0.1, 0.15) is 23.5 Å². The highest BCUT2D eigenvalue weighted by molar-refractivity contribution is 9.10. The average Bonchev–Trinajstić information content (AvgIpc) is 3.10. The number of sulfonamides is 1. The number of amides is 1. The Morgan fingerprint density at radius 3 is 2.63 bits per heavy atom. The third-order valence-corrected chi connectivity index (χ3v) is 7.05. The van der Waals surface area contributed by atoms with E-state index in [2.05, 4.69) is 20.7 Å². The lowest BCUT2D eigenvalue weighted by Crippen LogP contribution is -2.34. The van der Waals surface area contributed by atoms with Gasteiger partial charge in [0.25, 0.3) is 10.0 Å². The Morgan fingerprint density at radius 2 is 1.81 bits per heavy atom. The number of halogens is 1. The molecule has 0 heterocycles. The molecule has 2 N–H and O–H groups in total. The first kappa shape index (κ1) is 18.0. The molecule has 1 aliphatic carbocycles. The fourth-order valence-electron chi connectivity index (χ4n) is 3.65. The number of aromatic hydroxyl groups is 1. The van der Waals surface area contributed by atoms with Crippen molar-refractivity contribution in [2.24, 2.45) is 0 Å². The van der Waals surface area contributed by atoms with E-state index in [1.165, 1.54) is 12.1 Å². The van der Waals surface area contributed by atoms with Crippen LogP contribution in [0, 0.1) is 0 Å². The lowest BCUT2D eigenvalue weighted by atomic mass is 10.00. The Labute approximate surface area is 165 Å². The summed E-state index contributed by atoms with van der Waals surface area (Å²) < 4.78 is 28.8. The topological polar surface area (TPSA) is 83.5 Å². The predicted molar refractivity (Wildman–Crippen MR) is 106 cm³/mol. The molecule has 1 atom stereocenters. The first-order valence-electron chi connectivity index (χ1n) is 8.43. The van der Waals surface area contributed by atoms with Gasteiger partial charge in [0.2, 0.25) is 5.91 Å². The molecule has 4 rings (SSSR count). The number of hydrogen-bond acceptors (Lipinski definition) is 4. The number of hydrogen-bond donors (Lipinski definition) is 2. The number of phenolic OH excluding ortho intramolecular Hbond substituents is 1. The van der Waals surface area contributed by atoms with Crippen LogP contribution in [-0.4, -0.2) is 19.4 Å². The van der Waals surface area contributed by atoms with Crippen molar-refractivity contribution in [3.05, 3.63) is 70.2 Å². The van der Waals surface area contributed by atoms with Gasteiger partial charge in [-0.2, -0.15) is 0 Å². The maximum atomic E-state index is 12.9. The fraction of sp³-hybridized carbons (Fsp3) is 0.150. The van der Waals surface area contributed by atoms with E-state index >= 15 is 0 Å². The molecule has 0 aliphatic heterocycles. The molecule has 0 aromatic heterocycles. The monoisotopic (exact) mass is 445 g/mol. The van der Waals surface area contributed by atoms with E-state index < -0.39 is 21.8 Å². The summed E-state index contributed by atoms with van der Waals surface area (Å²) in [6.45, 7) is 0. The van der Waals surface area contributed by atoms with Crippen molar-refractivity contribution in [3.63, 3.8) is 0 Å². The van der Waals surface area contributed by atoms with Gasteiger partial charge >= 0.3 is 0 Å². The molecule has 0 spiro atoms. The van der Waals surface area contributed by atoms with Crippen LogP contribution in [0.25, 0.3) is 10.8 Å². The van der Waals surface area contributed by atoms with Crippen LogP contribution in [0.4, 0.5) is 0 Å². The van der Waals surface area contributed by atoms with Crippen molar-refractivity contribution >= 4 is 42.6 Å². The van der Waals surface area contributed by atoms with Crippen LogP contribution < -0.4 is 4.72 Å². The van der Waals surface area contributed by atoms with Crippen LogP contribution in [-0.2, 0) is 21.2 Å². The molecule has 0 radical (unpaired) electrons. The zero-order valence-corrected chi connectivity index (χ0v) is 16.5. The zero-order chi connectivity index (χ0) is 19.2. The van der Waals surface area contributed by atoms with Crippen molar-refractivity contribution < 1.29 is 18.3 Å². The van der Waals surface area contributed by atoms with Crippen molar-refractivity contribution in [2.45, 2.75) is 23.7 Å².